The molecule has 0 radical (unpaired) electrons. The zero-order chi connectivity index (χ0) is 19.6. The summed E-state index contributed by atoms with van der Waals surface area (Å²) in [5.74, 6) is -1.83. The van der Waals surface area contributed by atoms with E-state index in [0.717, 1.165) is 33.8 Å². The topological polar surface area (TPSA) is 66.5 Å². The third-order valence-electron chi connectivity index (χ3n) is 4.67. The van der Waals surface area contributed by atoms with E-state index < -0.39 is 33.6 Å². The zero-order valence-corrected chi connectivity index (χ0v) is 15.6. The fraction of sp³-hybridized carbons (Fsp3) is 0.316. The van der Waals surface area contributed by atoms with Gasteiger partial charge in [0.2, 0.25) is 15.9 Å². The number of nitrogens with zero attached hydrogens (tertiary/aromatic N) is 1. The lowest BCUT2D eigenvalue weighted by Gasteiger charge is -2.34. The van der Waals surface area contributed by atoms with Crippen LogP contribution in [0.25, 0.3) is 0 Å². The molecule has 5 nitrogen and oxygen atoms in total. The minimum atomic E-state index is -3.60. The first-order chi connectivity index (χ1) is 12.8. The van der Waals surface area contributed by atoms with E-state index in [2.05, 4.69) is 5.32 Å². The molecule has 3 rings (SSSR count). The van der Waals surface area contributed by atoms with E-state index in [1.54, 1.807) is 0 Å². The van der Waals surface area contributed by atoms with Crippen LogP contribution in [-0.4, -0.2) is 37.5 Å². The molecule has 0 spiro atoms. The molecule has 1 heterocycles. The van der Waals surface area contributed by atoms with Crippen LogP contribution in [-0.2, 0) is 34.2 Å². The molecule has 0 fully saturated rings. The van der Waals surface area contributed by atoms with Crippen molar-refractivity contribution in [3.63, 3.8) is 0 Å². The first kappa shape index (κ1) is 19.4. The minimum Gasteiger partial charge on any atom is -0.354 e. The Balaban J connectivity index is 1.72. The lowest BCUT2D eigenvalue weighted by molar-refractivity contribution is -0.125. The van der Waals surface area contributed by atoms with E-state index in [1.165, 1.54) is 6.07 Å². The number of sulfonamides is 1. The maximum atomic E-state index is 13.7. The van der Waals surface area contributed by atoms with Crippen molar-refractivity contribution in [3.05, 3.63) is 70.8 Å². The van der Waals surface area contributed by atoms with Crippen molar-refractivity contribution in [2.75, 3.05) is 12.8 Å². The van der Waals surface area contributed by atoms with Gasteiger partial charge in [-0.25, -0.2) is 17.2 Å². The quantitative estimate of drug-likeness (QED) is 0.844. The summed E-state index contributed by atoms with van der Waals surface area (Å²) in [6, 6.07) is 10.1. The highest BCUT2D eigenvalue weighted by Crippen LogP contribution is 2.25. The third kappa shape index (κ3) is 4.33. The van der Waals surface area contributed by atoms with E-state index in [1.807, 2.05) is 24.3 Å². The average molecular weight is 394 g/mol. The van der Waals surface area contributed by atoms with Gasteiger partial charge in [-0.15, -0.1) is 0 Å². The SMILES string of the molecule is CS(=O)(=O)N1Cc2ccccc2C[C@@H]1C(=O)NCCc1c(F)cccc1F. The fourth-order valence-corrected chi connectivity index (χ4v) is 4.28. The highest BCUT2D eigenvalue weighted by atomic mass is 32.2. The van der Waals surface area contributed by atoms with Gasteiger partial charge in [-0.05, 0) is 36.1 Å². The van der Waals surface area contributed by atoms with Crippen molar-refractivity contribution in [2.24, 2.45) is 0 Å². The van der Waals surface area contributed by atoms with E-state index in [9.17, 15) is 22.0 Å². The summed E-state index contributed by atoms with van der Waals surface area (Å²) >= 11 is 0. The molecular formula is C19H20F2N2O3S. The summed E-state index contributed by atoms with van der Waals surface area (Å²) in [6.45, 7) is 0.126. The molecule has 0 aromatic heterocycles. The molecule has 1 aliphatic heterocycles. The van der Waals surface area contributed by atoms with Crippen LogP contribution in [0.5, 0.6) is 0 Å². The zero-order valence-electron chi connectivity index (χ0n) is 14.8. The van der Waals surface area contributed by atoms with Gasteiger partial charge in [-0.1, -0.05) is 30.3 Å². The van der Waals surface area contributed by atoms with Crippen molar-refractivity contribution in [3.8, 4) is 0 Å². The Morgan fingerprint density at radius 3 is 2.37 bits per heavy atom. The summed E-state index contributed by atoms with van der Waals surface area (Å²) in [4.78, 5) is 12.6. The summed E-state index contributed by atoms with van der Waals surface area (Å²) in [5.41, 5.74) is 1.67. The van der Waals surface area contributed by atoms with Gasteiger partial charge in [0, 0.05) is 18.7 Å². The van der Waals surface area contributed by atoms with Crippen LogP contribution in [0.4, 0.5) is 8.78 Å². The molecule has 0 unspecified atom stereocenters. The maximum Gasteiger partial charge on any atom is 0.238 e. The number of nitrogens with one attached hydrogen (secondary N) is 1. The Hall–Kier alpha value is -2.32. The molecule has 2 aromatic carbocycles. The first-order valence-corrected chi connectivity index (χ1v) is 10.4. The van der Waals surface area contributed by atoms with Crippen LogP contribution in [0.3, 0.4) is 0 Å². The number of amides is 1. The highest BCUT2D eigenvalue weighted by molar-refractivity contribution is 7.88. The second-order valence-corrected chi connectivity index (χ2v) is 8.47. The number of rotatable bonds is 5. The van der Waals surface area contributed by atoms with Crippen LogP contribution in [0.2, 0.25) is 0 Å². The molecule has 0 saturated carbocycles. The normalized spacial score (nSPS) is 17.4. The molecule has 1 atom stereocenters. The Morgan fingerprint density at radius 1 is 1.11 bits per heavy atom. The number of fused-ring (bicyclic) bond motifs is 1. The predicted molar refractivity (Wildman–Crippen MR) is 97.4 cm³/mol. The van der Waals surface area contributed by atoms with Crippen LogP contribution >= 0.6 is 0 Å². The van der Waals surface area contributed by atoms with Gasteiger partial charge in [0.1, 0.15) is 17.7 Å². The molecular weight excluding hydrogens is 374 g/mol. The maximum absolute atomic E-state index is 13.7. The molecule has 1 N–H and O–H groups in total. The number of carbonyl (C=O) groups is 1. The van der Waals surface area contributed by atoms with Gasteiger partial charge in [0.05, 0.1) is 6.26 Å². The third-order valence-corrected chi connectivity index (χ3v) is 5.91. The number of hydrogen-bond acceptors (Lipinski definition) is 3. The van der Waals surface area contributed by atoms with Gasteiger partial charge >= 0.3 is 0 Å². The first-order valence-electron chi connectivity index (χ1n) is 8.51. The summed E-state index contributed by atoms with van der Waals surface area (Å²) in [5, 5.41) is 2.61. The van der Waals surface area contributed by atoms with E-state index >= 15 is 0 Å². The van der Waals surface area contributed by atoms with Crippen molar-refractivity contribution in [1.29, 1.82) is 0 Å². The van der Waals surface area contributed by atoms with Gasteiger partial charge in [0.25, 0.3) is 0 Å². The number of carbonyl (C=O) groups excluding carboxylic acids is 1. The largest absolute Gasteiger partial charge is 0.354 e. The lowest BCUT2D eigenvalue weighted by Crippen LogP contribution is -2.52. The summed E-state index contributed by atoms with van der Waals surface area (Å²) in [7, 11) is -3.60. The van der Waals surface area contributed by atoms with Crippen molar-refractivity contribution in [1.82, 2.24) is 9.62 Å². The van der Waals surface area contributed by atoms with Gasteiger partial charge in [-0.2, -0.15) is 4.31 Å². The Bertz CT molecular complexity index is 943. The summed E-state index contributed by atoms with van der Waals surface area (Å²) < 4.78 is 52.8. The summed E-state index contributed by atoms with van der Waals surface area (Å²) in [6.07, 6.45) is 1.30. The Labute approximate surface area is 157 Å². The number of benzene rings is 2. The molecule has 1 amide bonds. The molecule has 0 bridgehead atoms. The van der Waals surface area contributed by atoms with Crippen molar-refractivity contribution >= 4 is 15.9 Å². The molecule has 0 aliphatic carbocycles. The smallest absolute Gasteiger partial charge is 0.238 e. The van der Waals surface area contributed by atoms with E-state index in [4.69, 9.17) is 0 Å². The van der Waals surface area contributed by atoms with Gasteiger partial charge in [-0.3, -0.25) is 4.79 Å². The van der Waals surface area contributed by atoms with Gasteiger partial charge < -0.3 is 5.32 Å². The van der Waals surface area contributed by atoms with Crippen LogP contribution < -0.4 is 5.32 Å². The van der Waals surface area contributed by atoms with Gasteiger partial charge in [0.15, 0.2) is 0 Å². The highest BCUT2D eigenvalue weighted by Gasteiger charge is 2.36. The lowest BCUT2D eigenvalue weighted by atomic mass is 9.95. The second-order valence-electron chi connectivity index (χ2n) is 6.54. The van der Waals surface area contributed by atoms with Crippen LogP contribution in [0.15, 0.2) is 42.5 Å². The molecule has 27 heavy (non-hydrogen) atoms. The molecule has 0 saturated heterocycles. The average Bonchev–Trinajstić information content (AvgIpc) is 2.62. The van der Waals surface area contributed by atoms with Crippen LogP contribution in [0, 0.1) is 11.6 Å². The fourth-order valence-electron chi connectivity index (χ4n) is 3.27. The standard InChI is InChI=1S/C19H20F2N2O3S/c1-27(25,26)23-12-14-6-3-2-5-13(14)11-18(23)19(24)22-10-9-15-16(20)7-4-8-17(15)21/h2-8,18H,9-12H2,1H3,(H,22,24)/t18-/m1/s1. The van der Waals surface area contributed by atoms with Crippen LogP contribution in [0.1, 0.15) is 16.7 Å². The molecule has 144 valence electrons. The Kier molecular flexibility index (Phi) is 5.57. The van der Waals surface area contributed by atoms with Crippen molar-refractivity contribution < 1.29 is 22.0 Å². The second kappa shape index (κ2) is 7.74. The molecule has 1 aliphatic rings. The molecule has 8 heteroatoms. The van der Waals surface area contributed by atoms with Crippen molar-refractivity contribution in [2.45, 2.75) is 25.4 Å². The predicted octanol–water partition coefficient (Wildman–Crippen LogP) is 2.01. The van der Waals surface area contributed by atoms with E-state index in [-0.39, 0.29) is 31.5 Å². The number of hydrogen-bond donors (Lipinski definition) is 1. The van der Waals surface area contributed by atoms with E-state index in [0.29, 0.717) is 0 Å². The minimum absolute atomic E-state index is 0.00638. The Morgan fingerprint density at radius 2 is 1.74 bits per heavy atom. The molecule has 2 aromatic rings. The monoisotopic (exact) mass is 394 g/mol. The number of halogens is 2.